The molecule has 0 N–H and O–H groups in total. The first kappa shape index (κ1) is 13.6. The highest BCUT2D eigenvalue weighted by Crippen LogP contribution is 2.32. The Kier molecular flexibility index (Phi) is 4.82. The molecular weight excluding hydrogens is 244 g/mol. The van der Waals surface area contributed by atoms with Crippen LogP contribution >= 0.6 is 11.6 Å². The van der Waals surface area contributed by atoms with Crippen molar-refractivity contribution in [2.45, 2.75) is 45.4 Å². The zero-order valence-electron chi connectivity index (χ0n) is 11.0. The van der Waals surface area contributed by atoms with Crippen LogP contribution in [0.5, 0.6) is 0 Å². The van der Waals surface area contributed by atoms with Crippen molar-refractivity contribution < 1.29 is 4.79 Å². The van der Waals surface area contributed by atoms with Crippen molar-refractivity contribution in [2.24, 2.45) is 11.8 Å². The first-order valence-corrected chi connectivity index (χ1v) is 7.35. The van der Waals surface area contributed by atoms with Crippen LogP contribution in [0.15, 0.2) is 24.3 Å². The average molecular weight is 265 g/mol. The van der Waals surface area contributed by atoms with Crippen LogP contribution in [0.1, 0.15) is 54.9 Å². The number of halogens is 1. The van der Waals surface area contributed by atoms with Crippen molar-refractivity contribution in [1.82, 2.24) is 0 Å². The summed E-state index contributed by atoms with van der Waals surface area (Å²) in [4.78, 5) is 11.0. The van der Waals surface area contributed by atoms with E-state index in [9.17, 15) is 4.79 Å². The number of benzene rings is 1. The van der Waals surface area contributed by atoms with Gasteiger partial charge in [0.05, 0.1) is 0 Å². The van der Waals surface area contributed by atoms with E-state index in [1.54, 1.807) is 0 Å². The summed E-state index contributed by atoms with van der Waals surface area (Å²) in [6, 6.07) is 7.76. The molecule has 0 atom stereocenters. The first-order valence-electron chi connectivity index (χ1n) is 6.97. The van der Waals surface area contributed by atoms with Gasteiger partial charge in [-0.25, -0.2) is 0 Å². The molecule has 1 aromatic rings. The highest BCUT2D eigenvalue weighted by Gasteiger charge is 2.20. The van der Waals surface area contributed by atoms with Gasteiger partial charge in [-0.3, -0.25) is 4.79 Å². The lowest BCUT2D eigenvalue weighted by Gasteiger charge is -2.27. The fraction of sp³-hybridized carbons (Fsp3) is 0.562. The maximum absolute atomic E-state index is 11.0. The van der Waals surface area contributed by atoms with Gasteiger partial charge in [0, 0.05) is 5.56 Å². The predicted molar refractivity (Wildman–Crippen MR) is 76.1 cm³/mol. The molecule has 0 aliphatic heterocycles. The second-order valence-corrected chi connectivity index (χ2v) is 5.81. The molecule has 0 saturated heterocycles. The molecule has 1 aromatic carbocycles. The Morgan fingerprint density at radius 2 is 1.67 bits per heavy atom. The van der Waals surface area contributed by atoms with Crippen molar-refractivity contribution in [3.05, 3.63) is 35.4 Å². The number of carbonyl (C=O) groups excluding carboxylic acids is 1. The van der Waals surface area contributed by atoms with Crippen LogP contribution in [0, 0.1) is 11.8 Å². The molecule has 2 heteroatoms. The van der Waals surface area contributed by atoms with Crippen molar-refractivity contribution >= 4 is 16.8 Å². The quantitative estimate of drug-likeness (QED) is 0.712. The van der Waals surface area contributed by atoms with E-state index in [4.69, 9.17) is 11.6 Å². The topological polar surface area (TPSA) is 17.1 Å². The van der Waals surface area contributed by atoms with Gasteiger partial charge in [-0.1, -0.05) is 38.3 Å². The summed E-state index contributed by atoms with van der Waals surface area (Å²) in [7, 11) is 0. The molecule has 1 aliphatic rings. The Labute approximate surface area is 115 Å². The molecule has 18 heavy (non-hydrogen) atoms. The molecule has 1 fully saturated rings. The van der Waals surface area contributed by atoms with Crippen LogP contribution in [0.2, 0.25) is 0 Å². The minimum absolute atomic E-state index is 0.370. The fourth-order valence-electron chi connectivity index (χ4n) is 2.95. The monoisotopic (exact) mass is 264 g/mol. The second-order valence-electron chi connectivity index (χ2n) is 5.47. The maximum atomic E-state index is 11.0. The zero-order chi connectivity index (χ0) is 13.0. The van der Waals surface area contributed by atoms with Crippen LogP contribution < -0.4 is 0 Å². The summed E-state index contributed by atoms with van der Waals surface area (Å²) in [6.07, 6.45) is 7.97. The fourth-order valence-corrected chi connectivity index (χ4v) is 3.08. The van der Waals surface area contributed by atoms with Crippen molar-refractivity contribution in [3.8, 4) is 0 Å². The van der Waals surface area contributed by atoms with E-state index >= 15 is 0 Å². The Hall–Kier alpha value is -0.820. The van der Waals surface area contributed by atoms with Crippen molar-refractivity contribution in [3.63, 3.8) is 0 Å². The average Bonchev–Trinajstić information content (AvgIpc) is 2.40. The molecule has 0 unspecified atom stereocenters. The summed E-state index contributed by atoms with van der Waals surface area (Å²) < 4.78 is 0. The summed E-state index contributed by atoms with van der Waals surface area (Å²) in [5, 5.41) is -0.370. The normalized spacial score (nSPS) is 23.9. The lowest BCUT2D eigenvalue weighted by molar-refractivity contribution is 0.108. The summed E-state index contributed by atoms with van der Waals surface area (Å²) in [5.41, 5.74) is 1.92. The summed E-state index contributed by atoms with van der Waals surface area (Å²) in [5.74, 6) is 1.78. The predicted octanol–water partition coefficient (Wildman–Crippen LogP) is 4.82. The van der Waals surface area contributed by atoms with E-state index in [1.165, 1.54) is 37.7 Å². The van der Waals surface area contributed by atoms with E-state index in [0.29, 0.717) is 5.56 Å². The standard InChI is InChI=1S/C16H21ClO/c1-2-12-3-5-13(6-4-12)11-14-7-9-15(10-8-14)16(17)18/h7-10,12-13H,2-6,11H2,1H3. The van der Waals surface area contributed by atoms with Gasteiger partial charge in [0.1, 0.15) is 0 Å². The van der Waals surface area contributed by atoms with Crippen LogP contribution in [-0.2, 0) is 6.42 Å². The molecule has 0 amide bonds. The van der Waals surface area contributed by atoms with E-state index in [0.717, 1.165) is 18.3 Å². The van der Waals surface area contributed by atoms with E-state index in [2.05, 4.69) is 6.92 Å². The molecule has 0 radical (unpaired) electrons. The minimum Gasteiger partial charge on any atom is -0.276 e. The highest BCUT2D eigenvalue weighted by molar-refractivity contribution is 6.67. The van der Waals surface area contributed by atoms with E-state index in [1.807, 2.05) is 24.3 Å². The molecule has 0 bridgehead atoms. The SMILES string of the molecule is CCC1CCC(Cc2ccc(C(=O)Cl)cc2)CC1. The van der Waals surface area contributed by atoms with Crippen LogP contribution in [0.4, 0.5) is 0 Å². The maximum Gasteiger partial charge on any atom is 0.252 e. The van der Waals surface area contributed by atoms with Gasteiger partial charge in [-0.2, -0.15) is 0 Å². The van der Waals surface area contributed by atoms with E-state index < -0.39 is 0 Å². The summed E-state index contributed by atoms with van der Waals surface area (Å²) >= 11 is 5.44. The number of rotatable bonds is 4. The first-order chi connectivity index (χ1) is 8.69. The van der Waals surface area contributed by atoms with Gasteiger partial charge < -0.3 is 0 Å². The third-order valence-corrected chi connectivity index (χ3v) is 4.47. The van der Waals surface area contributed by atoms with Gasteiger partial charge in [0.2, 0.25) is 0 Å². The Morgan fingerprint density at radius 3 is 2.17 bits per heavy atom. The van der Waals surface area contributed by atoms with Gasteiger partial charge in [0.25, 0.3) is 5.24 Å². The summed E-state index contributed by atoms with van der Waals surface area (Å²) in [6.45, 7) is 2.30. The largest absolute Gasteiger partial charge is 0.276 e. The van der Waals surface area contributed by atoms with Gasteiger partial charge in [-0.05, 0) is 60.4 Å². The molecule has 0 aromatic heterocycles. The minimum atomic E-state index is -0.370. The molecular formula is C16H21ClO. The molecule has 1 aliphatic carbocycles. The molecule has 0 heterocycles. The molecule has 2 rings (SSSR count). The third kappa shape index (κ3) is 3.58. The van der Waals surface area contributed by atoms with Crippen molar-refractivity contribution in [1.29, 1.82) is 0 Å². The van der Waals surface area contributed by atoms with E-state index in [-0.39, 0.29) is 5.24 Å². The third-order valence-electron chi connectivity index (χ3n) is 4.25. The van der Waals surface area contributed by atoms with Gasteiger partial charge >= 0.3 is 0 Å². The van der Waals surface area contributed by atoms with Crippen LogP contribution in [-0.4, -0.2) is 5.24 Å². The van der Waals surface area contributed by atoms with Crippen LogP contribution in [0.25, 0.3) is 0 Å². The molecule has 1 nitrogen and oxygen atoms in total. The van der Waals surface area contributed by atoms with Gasteiger partial charge in [0.15, 0.2) is 0 Å². The molecule has 1 saturated carbocycles. The lowest BCUT2D eigenvalue weighted by Crippen LogP contribution is -2.15. The highest BCUT2D eigenvalue weighted by atomic mass is 35.5. The number of hydrogen-bond donors (Lipinski definition) is 0. The van der Waals surface area contributed by atoms with Gasteiger partial charge in [-0.15, -0.1) is 0 Å². The molecule has 0 spiro atoms. The lowest BCUT2D eigenvalue weighted by atomic mass is 9.78. The Morgan fingerprint density at radius 1 is 1.11 bits per heavy atom. The zero-order valence-corrected chi connectivity index (χ0v) is 11.7. The van der Waals surface area contributed by atoms with Crippen molar-refractivity contribution in [2.75, 3.05) is 0 Å². The number of carbonyl (C=O) groups is 1. The smallest absolute Gasteiger partial charge is 0.252 e. The van der Waals surface area contributed by atoms with Crippen LogP contribution in [0.3, 0.4) is 0 Å². The Bertz CT molecular complexity index is 388. The second kappa shape index (κ2) is 6.38. The number of hydrogen-bond acceptors (Lipinski definition) is 1. The molecule has 98 valence electrons. The Balaban J connectivity index is 1.88.